The van der Waals surface area contributed by atoms with Crippen molar-refractivity contribution in [2.45, 2.75) is 6.92 Å². The van der Waals surface area contributed by atoms with Crippen LogP contribution < -0.4 is 23.3 Å². The van der Waals surface area contributed by atoms with E-state index >= 15 is 0 Å². The number of carbonyl (C=O) groups is 1. The van der Waals surface area contributed by atoms with Gasteiger partial charge in [-0.05, 0) is 110 Å². The lowest BCUT2D eigenvalue weighted by Gasteiger charge is -2.19. The molecular formula is C55H41O8P3. The van der Waals surface area contributed by atoms with Crippen molar-refractivity contribution in [3.8, 4) is 39.9 Å². The van der Waals surface area contributed by atoms with Gasteiger partial charge in [0.1, 0.15) is 49.3 Å². The van der Waals surface area contributed by atoms with Crippen LogP contribution in [0.1, 0.15) is 21.5 Å². The van der Waals surface area contributed by atoms with Crippen LogP contribution in [0.25, 0.3) is 70.5 Å². The average molecular weight is 923 g/mol. The molecule has 0 aliphatic carbocycles. The molecule has 3 atom stereocenters. The second kappa shape index (κ2) is 17.6. The molecule has 0 aliphatic rings. The monoisotopic (exact) mass is 922 g/mol. The summed E-state index contributed by atoms with van der Waals surface area (Å²) in [5, 5.41) is 9.80. The molecule has 11 rings (SSSR count). The molecule has 0 amide bonds. The number of rotatable bonds is 12. The maximum absolute atomic E-state index is 14.8. The maximum Gasteiger partial charge on any atom is 0.453 e. The van der Waals surface area contributed by atoms with Gasteiger partial charge in [-0.2, -0.15) is 0 Å². The van der Waals surface area contributed by atoms with Crippen molar-refractivity contribution in [3.05, 3.63) is 192 Å². The highest BCUT2D eigenvalue weighted by molar-refractivity contribution is 7.51. The molecule has 324 valence electrons. The zero-order chi connectivity index (χ0) is 44.7. The Morgan fingerprint density at radius 3 is 1.89 bits per heavy atom. The highest BCUT2D eigenvalue weighted by atomic mass is 31.1. The lowest BCUT2D eigenvalue weighted by atomic mass is 9.90. The molecule has 0 radical (unpaired) electrons. The van der Waals surface area contributed by atoms with Crippen molar-refractivity contribution in [2.75, 3.05) is 20.6 Å². The van der Waals surface area contributed by atoms with Gasteiger partial charge in [0.05, 0.1) is 25.3 Å². The largest absolute Gasteiger partial charge is 0.497 e. The molecule has 0 bridgehead atoms. The van der Waals surface area contributed by atoms with Gasteiger partial charge in [0.2, 0.25) is 5.78 Å². The highest BCUT2D eigenvalue weighted by Gasteiger charge is 2.24. The Morgan fingerprint density at radius 1 is 0.561 bits per heavy atom. The van der Waals surface area contributed by atoms with Crippen LogP contribution >= 0.6 is 24.4 Å². The molecule has 66 heavy (non-hydrogen) atoms. The first kappa shape index (κ1) is 41.5. The Hall–Kier alpha value is -7.20. The van der Waals surface area contributed by atoms with Crippen molar-refractivity contribution in [2.24, 2.45) is 0 Å². The molecular weight excluding hydrogens is 882 g/mol. The van der Waals surface area contributed by atoms with Gasteiger partial charge >= 0.3 is 8.24 Å². The number of hydrogen-bond acceptors (Lipinski definition) is 8. The zero-order valence-electron chi connectivity index (χ0n) is 36.1. The van der Waals surface area contributed by atoms with Crippen LogP contribution in [0.4, 0.5) is 0 Å². The first-order valence-corrected chi connectivity index (χ1v) is 25.0. The molecule has 0 spiro atoms. The van der Waals surface area contributed by atoms with Crippen molar-refractivity contribution in [1.29, 1.82) is 0 Å². The van der Waals surface area contributed by atoms with Crippen molar-refractivity contribution < 1.29 is 36.4 Å². The van der Waals surface area contributed by atoms with Crippen LogP contribution in [0, 0.1) is 6.92 Å². The molecule has 0 saturated heterocycles. The molecule has 3 heterocycles. The number of fused-ring (bicyclic) bond motifs is 9. The van der Waals surface area contributed by atoms with Gasteiger partial charge in [-0.25, -0.2) is 0 Å². The second-order valence-electron chi connectivity index (χ2n) is 15.7. The lowest BCUT2D eigenvalue weighted by Crippen LogP contribution is -2.06. The molecule has 8 aromatic carbocycles. The van der Waals surface area contributed by atoms with E-state index in [4.69, 9.17) is 31.7 Å². The van der Waals surface area contributed by atoms with E-state index in [-0.39, 0.29) is 32.3 Å². The fraction of sp³-hybridized carbons (Fsp3) is 0.0727. The number of aryl methyl sites for hydroxylation is 1. The molecule has 0 fully saturated rings. The minimum Gasteiger partial charge on any atom is -0.497 e. The minimum atomic E-state index is -2.12. The van der Waals surface area contributed by atoms with E-state index < -0.39 is 15.6 Å². The Balaban J connectivity index is 0.932. The molecule has 3 unspecified atom stereocenters. The summed E-state index contributed by atoms with van der Waals surface area (Å²) < 4.78 is 44.3. The van der Waals surface area contributed by atoms with Crippen LogP contribution in [0.3, 0.4) is 0 Å². The fourth-order valence-corrected chi connectivity index (χ4v) is 12.2. The molecule has 8 nitrogen and oxygen atoms in total. The number of ketones is 1. The van der Waals surface area contributed by atoms with Crippen LogP contribution in [0.15, 0.2) is 184 Å². The highest BCUT2D eigenvalue weighted by Crippen LogP contribution is 2.47. The van der Waals surface area contributed by atoms with E-state index in [1.807, 2.05) is 42.5 Å². The number of carbonyl (C=O) groups excluding carboxylic acids is 1. The molecule has 0 saturated carbocycles. The second-order valence-corrected chi connectivity index (χ2v) is 19.4. The van der Waals surface area contributed by atoms with Gasteiger partial charge in [0.15, 0.2) is 5.75 Å². The smallest absolute Gasteiger partial charge is 0.453 e. The SMILES string of the molecule is COc1ccc(C(=O)c2ccc(OC)cc2Op2oc3ccc4ccccc4c3c3c(ccp4cccc34)o2)c(OPCOc2ccc3ccccc3c2-c2c(C)ccc3ccccc23)c1. The Labute approximate surface area is 383 Å². The molecule has 11 aromatic rings. The topological polar surface area (TPSA) is 89.5 Å². The van der Waals surface area contributed by atoms with Gasteiger partial charge in [-0.1, -0.05) is 110 Å². The van der Waals surface area contributed by atoms with Crippen LogP contribution in [0.5, 0.6) is 28.7 Å². The normalized spacial score (nSPS) is 12.2. The van der Waals surface area contributed by atoms with Gasteiger partial charge in [0.25, 0.3) is 0 Å². The molecule has 3 aromatic heterocycles. The summed E-state index contributed by atoms with van der Waals surface area (Å²) in [5.41, 5.74) is 5.19. The van der Waals surface area contributed by atoms with Crippen LogP contribution in [-0.4, -0.2) is 26.4 Å². The van der Waals surface area contributed by atoms with Gasteiger partial charge in [-0.15, -0.1) is 0 Å². The average Bonchev–Trinajstić information content (AvgIpc) is 3.78. The van der Waals surface area contributed by atoms with E-state index in [1.54, 1.807) is 50.6 Å². The van der Waals surface area contributed by atoms with Crippen molar-refractivity contribution in [1.82, 2.24) is 0 Å². The maximum atomic E-state index is 14.8. The van der Waals surface area contributed by atoms with Crippen molar-refractivity contribution >= 4 is 89.5 Å². The van der Waals surface area contributed by atoms with Crippen LogP contribution in [0.2, 0.25) is 0 Å². The van der Waals surface area contributed by atoms with Crippen LogP contribution in [-0.2, 0) is 0 Å². The minimum absolute atomic E-state index is 0.174. The van der Waals surface area contributed by atoms with E-state index in [1.165, 1.54) is 5.12 Å². The summed E-state index contributed by atoms with van der Waals surface area (Å²) in [6.45, 7) is 2.14. The van der Waals surface area contributed by atoms with Gasteiger partial charge < -0.3 is 31.7 Å². The Kier molecular flexibility index (Phi) is 11.1. The third kappa shape index (κ3) is 7.57. The quantitative estimate of drug-likeness (QED) is 0.0680. The molecule has 0 N–H and O–H groups in total. The van der Waals surface area contributed by atoms with E-state index in [9.17, 15) is 4.79 Å². The van der Waals surface area contributed by atoms with E-state index in [0.717, 1.165) is 65.5 Å². The van der Waals surface area contributed by atoms with Gasteiger partial charge in [-0.3, -0.25) is 4.79 Å². The first-order chi connectivity index (χ1) is 32.4. The number of ether oxygens (including phenoxy) is 3. The summed E-state index contributed by atoms with van der Waals surface area (Å²) in [6.07, 6.45) is 0.230. The first-order valence-electron chi connectivity index (χ1n) is 21.4. The number of hydrogen-bond donors (Lipinski definition) is 0. The predicted molar refractivity (Wildman–Crippen MR) is 271 cm³/mol. The third-order valence-electron chi connectivity index (χ3n) is 11.9. The summed E-state index contributed by atoms with van der Waals surface area (Å²) in [6, 6.07) is 54.0. The zero-order valence-corrected chi connectivity index (χ0v) is 38.9. The van der Waals surface area contributed by atoms with E-state index in [2.05, 4.69) is 103 Å². The molecule has 0 aliphatic heterocycles. The summed E-state index contributed by atoms with van der Waals surface area (Å²) in [7, 11) is 0.224. The van der Waals surface area contributed by atoms with E-state index in [0.29, 0.717) is 34.0 Å². The fourth-order valence-electron chi connectivity index (χ4n) is 8.80. The lowest BCUT2D eigenvalue weighted by molar-refractivity contribution is 0.103. The Bertz CT molecular complexity index is 3730. The summed E-state index contributed by atoms with van der Waals surface area (Å²) >= 11 is 0. The number of benzene rings is 8. The predicted octanol–water partition coefficient (Wildman–Crippen LogP) is 16.3. The summed E-state index contributed by atoms with van der Waals surface area (Å²) in [5.74, 6) is 6.44. The number of methoxy groups -OCH3 is 2. The third-order valence-corrected chi connectivity index (χ3v) is 15.5. The van der Waals surface area contributed by atoms with Gasteiger partial charge in [0, 0.05) is 33.6 Å². The summed E-state index contributed by atoms with van der Waals surface area (Å²) in [4.78, 5) is 14.8. The molecule has 11 heteroatoms. The Morgan fingerprint density at radius 2 is 1.17 bits per heavy atom. The van der Waals surface area contributed by atoms with Crippen molar-refractivity contribution in [3.63, 3.8) is 0 Å². The standard InChI is InChI=1S/C55H41O8P3/c1-34-18-19-35-11-4-7-14-40(35)51(34)52-41-15-8-5-12-36(41)20-26-45(52)59-33-64-60-48-31-38(57-2)22-24-43(48)55(56)44-25-23-39(58-3)32-49(44)63-66-61-46-27-21-37-13-6-9-16-42(37)53(46)54-47(62-66)28-30-65-29-10-17-50(54)65/h4-32,64H,33H2,1-3H3.